The Morgan fingerprint density at radius 3 is 2.75 bits per heavy atom. The summed E-state index contributed by atoms with van der Waals surface area (Å²) in [7, 11) is -3.82. The van der Waals surface area contributed by atoms with E-state index in [2.05, 4.69) is 15.1 Å². The highest BCUT2D eigenvalue weighted by molar-refractivity contribution is 7.89. The molecule has 2 N–H and O–H groups in total. The lowest BCUT2D eigenvalue weighted by Gasteiger charge is -2.00. The number of terminal acetylenes is 1. The van der Waals surface area contributed by atoms with Crippen LogP contribution in [-0.2, 0) is 10.0 Å². The zero-order chi connectivity index (χ0) is 12.2. The highest BCUT2D eigenvalue weighted by Gasteiger charge is 2.20. The molecule has 0 atom stereocenters. The summed E-state index contributed by atoms with van der Waals surface area (Å²) < 4.78 is 29.8. The second-order valence-corrected chi connectivity index (χ2v) is 4.47. The van der Waals surface area contributed by atoms with Gasteiger partial charge in [-0.1, -0.05) is 0 Å². The first kappa shape index (κ1) is 12.3. The Balaban J connectivity index is 2.83. The van der Waals surface area contributed by atoms with E-state index in [1.807, 2.05) is 0 Å². The maximum absolute atomic E-state index is 11.5. The molecule has 0 saturated carbocycles. The number of carboxylic acid groups (broad SMARTS) is 1. The predicted molar refractivity (Wildman–Crippen MR) is 54.3 cm³/mol. The van der Waals surface area contributed by atoms with Gasteiger partial charge in [-0.15, -0.1) is 12.3 Å². The van der Waals surface area contributed by atoms with Crippen LogP contribution < -0.4 is 4.72 Å². The van der Waals surface area contributed by atoms with Crippen LogP contribution in [0, 0.1) is 12.3 Å². The van der Waals surface area contributed by atoms with E-state index in [9.17, 15) is 13.2 Å². The van der Waals surface area contributed by atoms with E-state index in [1.54, 1.807) is 0 Å². The summed E-state index contributed by atoms with van der Waals surface area (Å²) in [6, 6.07) is 2.14. The zero-order valence-electron chi connectivity index (χ0n) is 8.13. The van der Waals surface area contributed by atoms with Crippen LogP contribution in [0.25, 0.3) is 0 Å². The van der Waals surface area contributed by atoms with Gasteiger partial charge in [0.05, 0.1) is 0 Å². The number of nitrogens with one attached hydrogen (secondary N) is 1. The summed E-state index contributed by atoms with van der Waals surface area (Å²) in [6.45, 7) is 0.0714. The molecule has 0 radical (unpaired) electrons. The van der Waals surface area contributed by atoms with Crippen molar-refractivity contribution in [2.75, 3.05) is 6.54 Å². The summed E-state index contributed by atoms with van der Waals surface area (Å²) >= 11 is 0. The summed E-state index contributed by atoms with van der Waals surface area (Å²) in [4.78, 5) is 10.5. The molecule has 0 fully saturated rings. The Kier molecular flexibility index (Phi) is 3.71. The maximum Gasteiger partial charge on any atom is 0.371 e. The van der Waals surface area contributed by atoms with Crippen LogP contribution in [0.5, 0.6) is 0 Å². The van der Waals surface area contributed by atoms with Gasteiger partial charge in [-0.05, 0) is 12.1 Å². The highest BCUT2D eigenvalue weighted by Crippen LogP contribution is 2.13. The lowest BCUT2D eigenvalue weighted by molar-refractivity contribution is 0.0656. The summed E-state index contributed by atoms with van der Waals surface area (Å²) in [5.41, 5.74) is 0. The molecular weight excluding hydrogens is 234 g/mol. The van der Waals surface area contributed by atoms with E-state index < -0.39 is 26.8 Å². The van der Waals surface area contributed by atoms with E-state index in [-0.39, 0.29) is 13.0 Å². The van der Waals surface area contributed by atoms with Crippen LogP contribution in [0.2, 0.25) is 0 Å². The van der Waals surface area contributed by atoms with Crippen molar-refractivity contribution in [1.82, 2.24) is 4.72 Å². The van der Waals surface area contributed by atoms with Gasteiger partial charge in [0.15, 0.2) is 0 Å². The first-order chi connectivity index (χ1) is 7.47. The molecule has 0 aliphatic rings. The van der Waals surface area contributed by atoms with Crippen molar-refractivity contribution in [1.29, 1.82) is 0 Å². The molecule has 0 unspecified atom stereocenters. The average Bonchev–Trinajstić information content (AvgIpc) is 2.67. The van der Waals surface area contributed by atoms with Crippen LogP contribution in [-0.4, -0.2) is 26.0 Å². The molecule has 0 aliphatic heterocycles. The molecular formula is C9H9NO5S. The molecule has 86 valence electrons. The molecule has 16 heavy (non-hydrogen) atoms. The minimum Gasteiger partial charge on any atom is -0.475 e. The quantitative estimate of drug-likeness (QED) is 0.572. The number of aromatic carboxylic acids is 1. The second-order valence-electron chi connectivity index (χ2n) is 2.78. The standard InChI is InChI=1S/C9H9NO5S/c1-2-3-6-10-16(13,14)8-5-4-7(15-8)9(11)12/h1,4-5,10H,3,6H2,(H,11,12). The monoisotopic (exact) mass is 243 g/mol. The van der Waals surface area contributed by atoms with Crippen molar-refractivity contribution in [2.45, 2.75) is 11.5 Å². The van der Waals surface area contributed by atoms with E-state index in [4.69, 9.17) is 11.5 Å². The van der Waals surface area contributed by atoms with Gasteiger partial charge in [-0.2, -0.15) is 0 Å². The molecule has 1 rings (SSSR count). The van der Waals surface area contributed by atoms with Crippen LogP contribution in [0.1, 0.15) is 17.0 Å². The number of carbonyl (C=O) groups is 1. The number of sulfonamides is 1. The van der Waals surface area contributed by atoms with Gasteiger partial charge in [-0.25, -0.2) is 17.9 Å². The molecule has 0 aromatic carbocycles. The van der Waals surface area contributed by atoms with Gasteiger partial charge in [0.2, 0.25) is 10.9 Å². The Morgan fingerprint density at radius 2 is 2.25 bits per heavy atom. The Morgan fingerprint density at radius 1 is 1.56 bits per heavy atom. The van der Waals surface area contributed by atoms with Gasteiger partial charge in [0, 0.05) is 13.0 Å². The number of carboxylic acids is 1. The zero-order valence-corrected chi connectivity index (χ0v) is 8.95. The van der Waals surface area contributed by atoms with Crippen molar-refractivity contribution in [3.05, 3.63) is 17.9 Å². The van der Waals surface area contributed by atoms with Crippen LogP contribution in [0.3, 0.4) is 0 Å². The van der Waals surface area contributed by atoms with Crippen molar-refractivity contribution in [3.63, 3.8) is 0 Å². The highest BCUT2D eigenvalue weighted by atomic mass is 32.2. The lowest BCUT2D eigenvalue weighted by Crippen LogP contribution is -2.24. The first-order valence-corrected chi connectivity index (χ1v) is 5.72. The fraction of sp³-hybridized carbons (Fsp3) is 0.222. The third-order valence-electron chi connectivity index (χ3n) is 1.62. The Bertz CT molecular complexity index is 522. The van der Waals surface area contributed by atoms with Crippen molar-refractivity contribution >= 4 is 16.0 Å². The van der Waals surface area contributed by atoms with Crippen molar-refractivity contribution < 1.29 is 22.7 Å². The summed E-state index contributed by atoms with van der Waals surface area (Å²) in [5.74, 6) is 0.502. The van der Waals surface area contributed by atoms with E-state index in [0.717, 1.165) is 12.1 Å². The maximum atomic E-state index is 11.5. The van der Waals surface area contributed by atoms with Crippen molar-refractivity contribution in [2.24, 2.45) is 0 Å². The minimum atomic E-state index is -3.82. The molecule has 0 saturated heterocycles. The van der Waals surface area contributed by atoms with Crippen LogP contribution in [0.4, 0.5) is 0 Å². The third-order valence-corrected chi connectivity index (χ3v) is 2.95. The molecule has 1 aromatic heterocycles. The SMILES string of the molecule is C#CCCNS(=O)(=O)c1ccc(C(=O)O)o1. The van der Waals surface area contributed by atoms with Crippen LogP contribution >= 0.6 is 0 Å². The van der Waals surface area contributed by atoms with Crippen molar-refractivity contribution in [3.8, 4) is 12.3 Å². The normalized spacial score (nSPS) is 10.9. The molecule has 0 bridgehead atoms. The topological polar surface area (TPSA) is 96.6 Å². The number of furan rings is 1. The molecule has 1 aromatic rings. The van der Waals surface area contributed by atoms with Gasteiger partial charge in [-0.3, -0.25) is 0 Å². The van der Waals surface area contributed by atoms with E-state index in [1.165, 1.54) is 0 Å². The Labute approximate surface area is 92.3 Å². The smallest absolute Gasteiger partial charge is 0.371 e. The van der Waals surface area contributed by atoms with Gasteiger partial charge >= 0.3 is 5.97 Å². The molecule has 1 heterocycles. The van der Waals surface area contributed by atoms with Gasteiger partial charge in [0.25, 0.3) is 10.0 Å². The summed E-state index contributed by atoms with van der Waals surface area (Å²) in [6.07, 6.45) is 5.20. The largest absolute Gasteiger partial charge is 0.475 e. The fourth-order valence-corrected chi connectivity index (χ4v) is 1.87. The molecule has 6 nitrogen and oxygen atoms in total. The van der Waals surface area contributed by atoms with Gasteiger partial charge in [0.1, 0.15) is 0 Å². The molecule has 0 amide bonds. The lowest BCUT2D eigenvalue weighted by atomic mass is 10.5. The van der Waals surface area contributed by atoms with E-state index >= 15 is 0 Å². The number of rotatable bonds is 5. The minimum absolute atomic E-state index is 0.0714. The predicted octanol–water partition coefficient (Wildman–Crippen LogP) is 0.279. The van der Waals surface area contributed by atoms with Gasteiger partial charge < -0.3 is 9.52 Å². The number of hydrogen-bond donors (Lipinski definition) is 2. The fourth-order valence-electron chi connectivity index (χ4n) is 0.908. The van der Waals surface area contributed by atoms with E-state index in [0.29, 0.717) is 0 Å². The molecule has 0 aliphatic carbocycles. The van der Waals surface area contributed by atoms with Crippen LogP contribution in [0.15, 0.2) is 21.6 Å². The second kappa shape index (κ2) is 4.83. The molecule has 0 spiro atoms. The summed E-state index contributed by atoms with van der Waals surface area (Å²) in [5, 5.41) is 8.10. The average molecular weight is 243 g/mol. The third kappa shape index (κ3) is 2.85. The molecule has 7 heteroatoms. The number of hydrogen-bond acceptors (Lipinski definition) is 4. The Hall–Kier alpha value is -1.78. The first-order valence-electron chi connectivity index (χ1n) is 4.23.